The lowest BCUT2D eigenvalue weighted by Crippen LogP contribution is -2.38. The second kappa shape index (κ2) is 3.76. The van der Waals surface area contributed by atoms with Crippen LogP contribution in [0.5, 0.6) is 0 Å². The molecule has 0 bridgehead atoms. The Hall–Kier alpha value is -0.790. The molecule has 1 fully saturated rings. The predicted octanol–water partition coefficient (Wildman–Crippen LogP) is 2.83. The van der Waals surface area contributed by atoms with Crippen molar-refractivity contribution in [2.24, 2.45) is 5.41 Å². The van der Waals surface area contributed by atoms with Crippen LogP contribution in [-0.2, 0) is 9.53 Å². The van der Waals surface area contributed by atoms with E-state index in [1.165, 1.54) is 32.1 Å². The van der Waals surface area contributed by atoms with Crippen molar-refractivity contribution in [3.63, 3.8) is 0 Å². The average Bonchev–Trinajstić information content (AvgIpc) is 2.19. The molecule has 2 aliphatic rings. The van der Waals surface area contributed by atoms with Crippen LogP contribution >= 0.6 is 0 Å². The second-order valence-corrected chi connectivity index (χ2v) is 4.81. The molecule has 0 aromatic rings. The molecule has 0 aromatic carbocycles. The van der Waals surface area contributed by atoms with E-state index in [0.29, 0.717) is 6.42 Å². The Morgan fingerprint density at radius 1 is 1.36 bits per heavy atom. The summed E-state index contributed by atoms with van der Waals surface area (Å²) >= 11 is 0. The summed E-state index contributed by atoms with van der Waals surface area (Å²) in [4.78, 5) is 11.3. The SMILES string of the molecule is CC1(C2CC(=O)C=CO2)CCCCC1. The molecule has 0 radical (unpaired) electrons. The summed E-state index contributed by atoms with van der Waals surface area (Å²) in [6.07, 6.45) is 10.2. The van der Waals surface area contributed by atoms with Crippen molar-refractivity contribution in [1.82, 2.24) is 0 Å². The molecule has 1 saturated carbocycles. The first kappa shape index (κ1) is 9.75. The van der Waals surface area contributed by atoms with E-state index in [0.717, 1.165) is 0 Å². The van der Waals surface area contributed by atoms with Gasteiger partial charge in [0.2, 0.25) is 0 Å². The first-order valence-electron chi connectivity index (χ1n) is 5.56. The van der Waals surface area contributed by atoms with Crippen LogP contribution < -0.4 is 0 Å². The molecule has 14 heavy (non-hydrogen) atoms. The highest BCUT2D eigenvalue weighted by atomic mass is 16.5. The highest BCUT2D eigenvalue weighted by Crippen LogP contribution is 2.42. The lowest BCUT2D eigenvalue weighted by molar-refractivity contribution is -0.121. The summed E-state index contributed by atoms with van der Waals surface area (Å²) in [5.74, 6) is 0.216. The summed E-state index contributed by atoms with van der Waals surface area (Å²) < 4.78 is 5.59. The molecule has 2 nitrogen and oxygen atoms in total. The van der Waals surface area contributed by atoms with Gasteiger partial charge in [-0.25, -0.2) is 0 Å². The molecular formula is C12H18O2. The van der Waals surface area contributed by atoms with Gasteiger partial charge >= 0.3 is 0 Å². The van der Waals surface area contributed by atoms with Crippen LogP contribution in [0.15, 0.2) is 12.3 Å². The zero-order valence-corrected chi connectivity index (χ0v) is 8.79. The molecule has 1 unspecified atom stereocenters. The van der Waals surface area contributed by atoms with E-state index in [1.54, 1.807) is 12.3 Å². The van der Waals surface area contributed by atoms with Gasteiger partial charge in [-0.15, -0.1) is 0 Å². The number of ketones is 1. The number of hydrogen-bond donors (Lipinski definition) is 0. The van der Waals surface area contributed by atoms with Crippen LogP contribution in [0.2, 0.25) is 0 Å². The van der Waals surface area contributed by atoms with E-state index in [2.05, 4.69) is 6.92 Å². The standard InChI is InChI=1S/C12H18O2/c1-12(6-3-2-4-7-12)11-9-10(13)5-8-14-11/h5,8,11H,2-4,6-7,9H2,1H3. The highest BCUT2D eigenvalue weighted by Gasteiger charge is 2.38. The van der Waals surface area contributed by atoms with E-state index < -0.39 is 0 Å². The maximum absolute atomic E-state index is 11.3. The van der Waals surface area contributed by atoms with Crippen LogP contribution in [0.3, 0.4) is 0 Å². The van der Waals surface area contributed by atoms with Crippen LogP contribution in [0.25, 0.3) is 0 Å². The van der Waals surface area contributed by atoms with Gasteiger partial charge in [0.05, 0.1) is 6.26 Å². The normalized spacial score (nSPS) is 31.2. The van der Waals surface area contributed by atoms with E-state index in [9.17, 15) is 4.79 Å². The minimum Gasteiger partial charge on any atom is -0.497 e. The van der Waals surface area contributed by atoms with Gasteiger partial charge in [0.15, 0.2) is 5.78 Å². The zero-order valence-electron chi connectivity index (χ0n) is 8.79. The van der Waals surface area contributed by atoms with Gasteiger partial charge in [-0.3, -0.25) is 4.79 Å². The third-order valence-electron chi connectivity index (χ3n) is 3.66. The van der Waals surface area contributed by atoms with Crippen LogP contribution in [-0.4, -0.2) is 11.9 Å². The molecule has 2 heteroatoms. The third-order valence-corrected chi connectivity index (χ3v) is 3.66. The molecule has 0 amide bonds. The first-order chi connectivity index (χ1) is 6.71. The first-order valence-corrected chi connectivity index (χ1v) is 5.56. The van der Waals surface area contributed by atoms with Crippen LogP contribution in [0.4, 0.5) is 0 Å². The summed E-state index contributed by atoms with van der Waals surface area (Å²) in [6, 6.07) is 0. The number of carbonyl (C=O) groups excluding carboxylic acids is 1. The van der Waals surface area contributed by atoms with E-state index >= 15 is 0 Å². The van der Waals surface area contributed by atoms with E-state index in [-0.39, 0.29) is 17.3 Å². The predicted molar refractivity (Wildman–Crippen MR) is 54.8 cm³/mol. The lowest BCUT2D eigenvalue weighted by Gasteiger charge is -2.40. The highest BCUT2D eigenvalue weighted by molar-refractivity contribution is 5.90. The van der Waals surface area contributed by atoms with Gasteiger partial charge in [0.25, 0.3) is 0 Å². The van der Waals surface area contributed by atoms with Crippen molar-refractivity contribution < 1.29 is 9.53 Å². The number of carbonyl (C=O) groups is 1. The molecular weight excluding hydrogens is 176 g/mol. The van der Waals surface area contributed by atoms with Crippen molar-refractivity contribution in [2.45, 2.75) is 51.6 Å². The van der Waals surface area contributed by atoms with Gasteiger partial charge in [-0.05, 0) is 12.8 Å². The number of hydrogen-bond acceptors (Lipinski definition) is 2. The summed E-state index contributed by atoms with van der Waals surface area (Å²) in [5.41, 5.74) is 0.235. The second-order valence-electron chi connectivity index (χ2n) is 4.81. The fraction of sp³-hybridized carbons (Fsp3) is 0.750. The van der Waals surface area contributed by atoms with Crippen LogP contribution in [0, 0.1) is 5.41 Å². The van der Waals surface area contributed by atoms with Gasteiger partial charge in [-0.2, -0.15) is 0 Å². The molecule has 1 aliphatic carbocycles. The summed E-state index contributed by atoms with van der Waals surface area (Å²) in [7, 11) is 0. The topological polar surface area (TPSA) is 26.3 Å². The fourth-order valence-electron chi connectivity index (χ4n) is 2.60. The zero-order chi connectivity index (χ0) is 10.0. The molecule has 1 heterocycles. The van der Waals surface area contributed by atoms with Gasteiger partial charge in [-0.1, -0.05) is 26.2 Å². The van der Waals surface area contributed by atoms with Gasteiger partial charge in [0.1, 0.15) is 6.10 Å². The Morgan fingerprint density at radius 2 is 2.07 bits per heavy atom. The van der Waals surface area contributed by atoms with Gasteiger partial charge < -0.3 is 4.74 Å². The molecule has 78 valence electrons. The molecule has 1 aliphatic heterocycles. The Bertz CT molecular complexity index is 249. The van der Waals surface area contributed by atoms with Crippen molar-refractivity contribution in [3.8, 4) is 0 Å². The lowest BCUT2D eigenvalue weighted by atomic mass is 9.70. The van der Waals surface area contributed by atoms with Crippen molar-refractivity contribution in [2.75, 3.05) is 0 Å². The monoisotopic (exact) mass is 194 g/mol. The van der Waals surface area contributed by atoms with Crippen molar-refractivity contribution in [1.29, 1.82) is 0 Å². The summed E-state index contributed by atoms with van der Waals surface area (Å²) in [6.45, 7) is 2.27. The van der Waals surface area contributed by atoms with E-state index in [1.807, 2.05) is 0 Å². The Kier molecular flexibility index (Phi) is 2.62. The number of ether oxygens (including phenoxy) is 1. The molecule has 2 rings (SSSR count). The molecule has 0 spiro atoms. The number of rotatable bonds is 1. The quantitative estimate of drug-likeness (QED) is 0.641. The number of allylic oxidation sites excluding steroid dienone is 1. The Morgan fingerprint density at radius 3 is 2.71 bits per heavy atom. The maximum Gasteiger partial charge on any atom is 0.162 e. The molecule has 1 atom stereocenters. The fourth-order valence-corrected chi connectivity index (χ4v) is 2.60. The minimum atomic E-state index is 0.125. The molecule has 0 aromatic heterocycles. The Balaban J connectivity index is 2.05. The summed E-state index contributed by atoms with van der Waals surface area (Å²) in [5, 5.41) is 0. The van der Waals surface area contributed by atoms with Crippen LogP contribution in [0.1, 0.15) is 45.4 Å². The average molecular weight is 194 g/mol. The van der Waals surface area contributed by atoms with Gasteiger partial charge in [0, 0.05) is 17.9 Å². The Labute approximate surface area is 85.3 Å². The van der Waals surface area contributed by atoms with Crippen molar-refractivity contribution >= 4 is 5.78 Å². The third kappa shape index (κ3) is 1.84. The largest absolute Gasteiger partial charge is 0.497 e. The maximum atomic E-state index is 11.3. The minimum absolute atomic E-state index is 0.125. The van der Waals surface area contributed by atoms with Crippen molar-refractivity contribution in [3.05, 3.63) is 12.3 Å². The van der Waals surface area contributed by atoms with E-state index in [4.69, 9.17) is 4.74 Å². The smallest absolute Gasteiger partial charge is 0.162 e. The molecule has 0 N–H and O–H groups in total. The molecule has 0 saturated heterocycles.